The fraction of sp³-hybridized carbons (Fsp3) is 0.412. The molecule has 0 radical (unpaired) electrons. The Labute approximate surface area is 162 Å². The van der Waals surface area contributed by atoms with Crippen molar-refractivity contribution in [1.29, 1.82) is 0 Å². The van der Waals surface area contributed by atoms with Crippen LogP contribution in [0.3, 0.4) is 0 Å². The highest BCUT2D eigenvalue weighted by Gasteiger charge is 2.21. The highest BCUT2D eigenvalue weighted by Crippen LogP contribution is 2.24. The number of carbonyl (C=O) groups is 1. The second kappa shape index (κ2) is 9.85. The Hall–Kier alpha value is -1.70. The van der Waals surface area contributed by atoms with Crippen molar-refractivity contribution in [1.82, 2.24) is 9.88 Å². The number of hydrogen-bond acceptors (Lipinski definition) is 4. The van der Waals surface area contributed by atoms with Crippen molar-refractivity contribution >= 4 is 30.7 Å². The first-order valence-corrected chi connectivity index (χ1v) is 7.96. The molecule has 1 aromatic heterocycles. The summed E-state index contributed by atoms with van der Waals surface area (Å²) in [5.74, 6) is -0.745. The molecule has 144 valence electrons. The van der Waals surface area contributed by atoms with E-state index in [-0.39, 0.29) is 54.5 Å². The lowest BCUT2D eigenvalue weighted by Crippen LogP contribution is -2.42. The lowest BCUT2D eigenvalue weighted by atomic mass is 10.1. The van der Waals surface area contributed by atoms with Gasteiger partial charge in [0, 0.05) is 38.0 Å². The number of oxazole rings is 1. The van der Waals surface area contributed by atoms with Crippen molar-refractivity contribution in [2.24, 2.45) is 5.73 Å². The van der Waals surface area contributed by atoms with E-state index in [0.717, 1.165) is 25.0 Å². The summed E-state index contributed by atoms with van der Waals surface area (Å²) in [6.45, 7) is 1.36. The molecule has 2 aromatic rings. The van der Waals surface area contributed by atoms with Crippen LogP contribution < -0.4 is 5.73 Å². The number of aromatic nitrogens is 1. The minimum atomic E-state index is -0.710. The molecule has 1 aliphatic rings. The first-order valence-electron chi connectivity index (χ1n) is 7.96. The van der Waals surface area contributed by atoms with Gasteiger partial charge < -0.3 is 15.1 Å². The Balaban J connectivity index is 0.00000169. The van der Waals surface area contributed by atoms with Crippen LogP contribution in [-0.2, 0) is 11.2 Å². The van der Waals surface area contributed by atoms with E-state index in [1.807, 2.05) is 0 Å². The predicted octanol–water partition coefficient (Wildman–Crippen LogP) is 3.35. The molecule has 9 heteroatoms. The Kier molecular flexibility index (Phi) is 8.46. The molecular formula is C17H21Cl2F2N3O2. The number of benzene rings is 1. The van der Waals surface area contributed by atoms with E-state index in [9.17, 15) is 13.6 Å². The highest BCUT2D eigenvalue weighted by atomic mass is 35.5. The number of aryl methyl sites for hydroxylation is 1. The lowest BCUT2D eigenvalue weighted by Gasteiger charge is -2.30. The minimum absolute atomic E-state index is 0. The van der Waals surface area contributed by atoms with E-state index in [2.05, 4.69) is 4.98 Å². The Morgan fingerprint density at radius 2 is 1.96 bits per heavy atom. The maximum atomic E-state index is 13.7. The lowest BCUT2D eigenvalue weighted by molar-refractivity contribution is -0.132. The molecule has 1 saturated heterocycles. The summed E-state index contributed by atoms with van der Waals surface area (Å²) in [6, 6.07) is 3.43. The quantitative estimate of drug-likeness (QED) is 0.843. The third-order valence-electron chi connectivity index (χ3n) is 4.20. The molecule has 0 unspecified atom stereocenters. The summed E-state index contributed by atoms with van der Waals surface area (Å²) in [5.41, 5.74) is 5.97. The van der Waals surface area contributed by atoms with E-state index in [4.69, 9.17) is 10.2 Å². The monoisotopic (exact) mass is 407 g/mol. The standard InChI is InChI=1S/C17H19F2N3O2.2ClH/c18-11-1-2-13(14(19)9-11)15-10-21-16(24-15)3-4-17(23)22-7-5-12(20)6-8-22;;/h1-2,9-10,12H,3-8,20H2;2*1H. The third-order valence-corrected chi connectivity index (χ3v) is 4.20. The van der Waals surface area contributed by atoms with Crippen molar-refractivity contribution < 1.29 is 18.0 Å². The summed E-state index contributed by atoms with van der Waals surface area (Å²) in [4.78, 5) is 18.0. The second-order valence-corrected chi connectivity index (χ2v) is 5.96. The molecule has 0 aliphatic carbocycles. The SMILES string of the molecule is Cl.Cl.NC1CCN(C(=O)CCc2ncc(-c3ccc(F)cc3F)o2)CC1. The molecule has 1 aliphatic heterocycles. The number of halogens is 4. The molecule has 0 spiro atoms. The molecule has 0 atom stereocenters. The zero-order valence-electron chi connectivity index (χ0n) is 14.0. The van der Waals surface area contributed by atoms with Crippen molar-refractivity contribution in [2.75, 3.05) is 13.1 Å². The molecule has 1 fully saturated rings. The van der Waals surface area contributed by atoms with Crippen LogP contribution in [0.4, 0.5) is 8.78 Å². The van der Waals surface area contributed by atoms with Gasteiger partial charge in [-0.25, -0.2) is 13.8 Å². The van der Waals surface area contributed by atoms with Gasteiger partial charge in [0.2, 0.25) is 5.91 Å². The van der Waals surface area contributed by atoms with Gasteiger partial charge in [-0.2, -0.15) is 0 Å². The van der Waals surface area contributed by atoms with Gasteiger partial charge in [0.05, 0.1) is 11.8 Å². The van der Waals surface area contributed by atoms with Gasteiger partial charge in [-0.3, -0.25) is 4.79 Å². The second-order valence-electron chi connectivity index (χ2n) is 5.96. The first-order chi connectivity index (χ1) is 11.5. The van der Waals surface area contributed by atoms with E-state index >= 15 is 0 Å². The molecule has 1 aromatic carbocycles. The summed E-state index contributed by atoms with van der Waals surface area (Å²) < 4.78 is 32.2. The van der Waals surface area contributed by atoms with E-state index < -0.39 is 11.6 Å². The van der Waals surface area contributed by atoms with Gasteiger partial charge in [0.25, 0.3) is 0 Å². The average molecular weight is 408 g/mol. The van der Waals surface area contributed by atoms with Crippen molar-refractivity contribution in [3.05, 3.63) is 41.9 Å². The van der Waals surface area contributed by atoms with Crippen LogP contribution in [0.15, 0.2) is 28.8 Å². The fourth-order valence-electron chi connectivity index (χ4n) is 2.76. The van der Waals surface area contributed by atoms with Gasteiger partial charge in [0.15, 0.2) is 11.7 Å². The van der Waals surface area contributed by atoms with Gasteiger partial charge in [0.1, 0.15) is 11.6 Å². The largest absolute Gasteiger partial charge is 0.441 e. The summed E-state index contributed by atoms with van der Waals surface area (Å²) in [7, 11) is 0. The maximum absolute atomic E-state index is 13.7. The Morgan fingerprint density at radius 3 is 2.62 bits per heavy atom. The van der Waals surface area contributed by atoms with Crippen LogP contribution in [0.1, 0.15) is 25.2 Å². The molecular weight excluding hydrogens is 387 g/mol. The van der Waals surface area contributed by atoms with Gasteiger partial charge >= 0.3 is 0 Å². The minimum Gasteiger partial charge on any atom is -0.441 e. The molecule has 0 bridgehead atoms. The van der Waals surface area contributed by atoms with Crippen LogP contribution >= 0.6 is 24.8 Å². The van der Waals surface area contributed by atoms with Crippen molar-refractivity contribution in [2.45, 2.75) is 31.7 Å². The van der Waals surface area contributed by atoms with Gasteiger partial charge in [-0.1, -0.05) is 0 Å². The zero-order chi connectivity index (χ0) is 17.1. The maximum Gasteiger partial charge on any atom is 0.223 e. The van der Waals surface area contributed by atoms with Crippen LogP contribution in [-0.4, -0.2) is 34.9 Å². The number of nitrogens with zero attached hydrogens (tertiary/aromatic N) is 2. The summed E-state index contributed by atoms with van der Waals surface area (Å²) in [6.07, 6.45) is 3.64. The number of carbonyl (C=O) groups excluding carboxylic acids is 1. The number of amides is 1. The summed E-state index contributed by atoms with van der Waals surface area (Å²) in [5, 5.41) is 0. The number of nitrogens with two attached hydrogens (primary N) is 1. The van der Waals surface area contributed by atoms with Crippen LogP contribution in [0.5, 0.6) is 0 Å². The molecule has 2 heterocycles. The number of rotatable bonds is 4. The third kappa shape index (κ3) is 5.40. The molecule has 2 N–H and O–H groups in total. The smallest absolute Gasteiger partial charge is 0.223 e. The average Bonchev–Trinajstić information content (AvgIpc) is 3.02. The van der Waals surface area contributed by atoms with Crippen LogP contribution in [0.2, 0.25) is 0 Å². The zero-order valence-corrected chi connectivity index (χ0v) is 15.6. The molecule has 3 rings (SSSR count). The highest BCUT2D eigenvalue weighted by molar-refractivity contribution is 5.85. The fourth-order valence-corrected chi connectivity index (χ4v) is 2.76. The molecule has 26 heavy (non-hydrogen) atoms. The van der Waals surface area contributed by atoms with Crippen molar-refractivity contribution in [3.8, 4) is 11.3 Å². The normalized spacial score (nSPS) is 14.5. The molecule has 0 saturated carbocycles. The van der Waals surface area contributed by atoms with Gasteiger partial charge in [-0.15, -0.1) is 24.8 Å². The van der Waals surface area contributed by atoms with Crippen LogP contribution in [0, 0.1) is 11.6 Å². The number of likely N-dealkylation sites (tertiary alicyclic amines) is 1. The predicted molar refractivity (Wildman–Crippen MR) is 98.5 cm³/mol. The number of hydrogen-bond donors (Lipinski definition) is 1. The van der Waals surface area contributed by atoms with E-state index in [1.165, 1.54) is 12.3 Å². The summed E-state index contributed by atoms with van der Waals surface area (Å²) >= 11 is 0. The first kappa shape index (κ1) is 22.3. The van der Waals surface area contributed by atoms with Crippen molar-refractivity contribution in [3.63, 3.8) is 0 Å². The van der Waals surface area contributed by atoms with E-state index in [1.54, 1.807) is 4.90 Å². The number of piperidine rings is 1. The van der Waals surface area contributed by atoms with Gasteiger partial charge in [-0.05, 0) is 25.0 Å². The molecule has 5 nitrogen and oxygen atoms in total. The molecule has 1 amide bonds. The van der Waals surface area contributed by atoms with Crippen LogP contribution in [0.25, 0.3) is 11.3 Å². The topological polar surface area (TPSA) is 72.4 Å². The Morgan fingerprint density at radius 1 is 1.27 bits per heavy atom. The van der Waals surface area contributed by atoms with E-state index in [0.29, 0.717) is 25.4 Å². The Bertz CT molecular complexity index is 735.